The number of Topliss-reactive ketones (excluding diaryl/α,β-unsaturated/α-hetero) is 1. The molecule has 0 aliphatic heterocycles. The van der Waals surface area contributed by atoms with Crippen LogP contribution >= 0.6 is 0 Å². The summed E-state index contributed by atoms with van der Waals surface area (Å²) >= 11 is 0. The number of hydrogen-bond donors (Lipinski definition) is 0. The molecule has 0 N–H and O–H groups in total. The van der Waals surface area contributed by atoms with Gasteiger partial charge in [0.25, 0.3) is 10.1 Å². The summed E-state index contributed by atoms with van der Waals surface area (Å²) in [5.41, 5.74) is 4.25. The number of fused-ring (bicyclic) bond motifs is 4. The van der Waals surface area contributed by atoms with Gasteiger partial charge in [-0.15, -0.1) is 0 Å². The Morgan fingerprint density at radius 2 is 1.65 bits per heavy atom. The van der Waals surface area contributed by atoms with E-state index in [1.165, 1.54) is 17.6 Å². The third-order valence-electron chi connectivity index (χ3n) is 13.5. The summed E-state index contributed by atoms with van der Waals surface area (Å²) < 4.78 is 32.7. The van der Waals surface area contributed by atoms with Crippen molar-refractivity contribution in [3.05, 3.63) is 53.1 Å². The Morgan fingerprint density at radius 1 is 1.00 bits per heavy atom. The summed E-state index contributed by atoms with van der Waals surface area (Å²) in [7, 11) is -3.88. The van der Waals surface area contributed by atoms with Crippen molar-refractivity contribution >= 4 is 15.9 Å². The van der Waals surface area contributed by atoms with Crippen molar-refractivity contribution in [2.75, 3.05) is 0 Å². The summed E-state index contributed by atoms with van der Waals surface area (Å²) in [6.07, 6.45) is 8.08. The maximum Gasteiger partial charge on any atom is 0.297 e. The lowest BCUT2D eigenvalue weighted by Gasteiger charge is -2.61. The maximum atomic E-state index is 14.4. The molecule has 0 saturated heterocycles. The summed E-state index contributed by atoms with van der Waals surface area (Å²) in [5.74, 6) is 2.15. The SMILES string of the molecule is C=C(CC[C@H](C)[C@@H]1CC[C@]2(C)C3=C(C(=O)C[C@@]12C)[C@@]1(C)CC[C@H](OS(=O)(=O)c2ccc(C)cc2)C(C)(C)[C@@H]1CC3)C(C)C. The Labute approximate surface area is 262 Å². The highest BCUT2D eigenvalue weighted by Gasteiger charge is 2.65. The van der Waals surface area contributed by atoms with E-state index in [4.69, 9.17) is 4.18 Å². The van der Waals surface area contributed by atoms with Crippen molar-refractivity contribution in [3.63, 3.8) is 0 Å². The highest BCUT2D eigenvalue weighted by Crippen LogP contribution is 2.72. The van der Waals surface area contributed by atoms with E-state index in [1.807, 2.05) is 19.1 Å². The van der Waals surface area contributed by atoms with Crippen molar-refractivity contribution in [3.8, 4) is 0 Å². The molecule has 4 aliphatic carbocycles. The zero-order valence-electron chi connectivity index (χ0n) is 28.3. The summed E-state index contributed by atoms with van der Waals surface area (Å²) in [6, 6.07) is 6.90. The summed E-state index contributed by atoms with van der Waals surface area (Å²) in [4.78, 5) is 14.6. The first-order valence-electron chi connectivity index (χ1n) is 16.8. The fourth-order valence-corrected chi connectivity index (χ4v) is 11.6. The Kier molecular flexibility index (Phi) is 8.33. The highest BCUT2D eigenvalue weighted by molar-refractivity contribution is 7.86. The quantitative estimate of drug-likeness (QED) is 0.218. The number of aryl methyl sites for hydroxylation is 1. The van der Waals surface area contributed by atoms with Crippen LogP contribution in [0.4, 0.5) is 0 Å². The molecule has 2 fully saturated rings. The smallest absolute Gasteiger partial charge is 0.295 e. The van der Waals surface area contributed by atoms with Crippen molar-refractivity contribution in [1.82, 2.24) is 0 Å². The molecule has 4 nitrogen and oxygen atoms in total. The molecule has 0 amide bonds. The lowest BCUT2D eigenvalue weighted by Crippen LogP contribution is -2.57. The molecule has 1 aromatic rings. The second-order valence-corrected chi connectivity index (χ2v) is 18.0. The van der Waals surface area contributed by atoms with Gasteiger partial charge in [0, 0.05) is 12.0 Å². The number of carbonyl (C=O) groups is 1. The standard InChI is InChI=1S/C38H56O4S/c1-24(2)26(4)13-14-27(5)29-19-22-37(9)30-17-18-32-35(6,7)33(42-43(40,41)28-15-11-25(3)12-16-28)20-21-36(32,8)34(30)31(39)23-38(29,37)10/h11-12,15-16,24,27,29,32-33H,4,13-14,17-23H2,1-3,5-10H3/t27-,29-,32-,33-,36-,37+,38-/m0/s1. The van der Waals surface area contributed by atoms with Crippen molar-refractivity contribution < 1.29 is 17.4 Å². The van der Waals surface area contributed by atoms with E-state index in [2.05, 4.69) is 62.0 Å². The molecule has 1 aromatic carbocycles. The van der Waals surface area contributed by atoms with Crippen LogP contribution in [0.5, 0.6) is 0 Å². The second kappa shape index (κ2) is 11.0. The third-order valence-corrected chi connectivity index (χ3v) is 14.8. The topological polar surface area (TPSA) is 60.4 Å². The molecule has 0 bridgehead atoms. The van der Waals surface area contributed by atoms with Gasteiger partial charge in [-0.3, -0.25) is 8.98 Å². The predicted octanol–water partition coefficient (Wildman–Crippen LogP) is 9.63. The average Bonchev–Trinajstić information content (AvgIpc) is 3.19. The molecule has 4 aliphatic rings. The van der Waals surface area contributed by atoms with Crippen LogP contribution in [0.1, 0.15) is 119 Å². The molecule has 7 atom stereocenters. The molecular formula is C38H56O4S. The predicted molar refractivity (Wildman–Crippen MR) is 175 cm³/mol. The fraction of sp³-hybridized carbons (Fsp3) is 0.711. The average molecular weight is 609 g/mol. The first-order valence-corrected chi connectivity index (χ1v) is 18.2. The summed E-state index contributed by atoms with van der Waals surface area (Å²) in [6.45, 7) is 24.7. The van der Waals surface area contributed by atoms with Crippen LogP contribution in [0, 0.1) is 52.3 Å². The minimum Gasteiger partial charge on any atom is -0.295 e. The number of allylic oxidation sites excluding steroid dienone is 3. The monoisotopic (exact) mass is 608 g/mol. The molecular weight excluding hydrogens is 552 g/mol. The maximum absolute atomic E-state index is 14.4. The molecule has 5 rings (SSSR count). The van der Waals surface area contributed by atoms with Crippen LogP contribution in [-0.4, -0.2) is 20.3 Å². The third kappa shape index (κ3) is 5.13. The summed E-state index contributed by atoms with van der Waals surface area (Å²) in [5, 5.41) is 0. The second-order valence-electron chi connectivity index (χ2n) is 16.4. The number of carbonyl (C=O) groups excluding carboxylic acids is 1. The molecule has 2 saturated carbocycles. The van der Waals surface area contributed by atoms with E-state index >= 15 is 0 Å². The highest BCUT2D eigenvalue weighted by atomic mass is 32.2. The van der Waals surface area contributed by atoms with Gasteiger partial charge in [-0.05, 0) is 116 Å². The van der Waals surface area contributed by atoms with Crippen molar-refractivity contribution in [2.24, 2.45) is 45.3 Å². The van der Waals surface area contributed by atoms with Gasteiger partial charge in [0.15, 0.2) is 5.78 Å². The Hall–Kier alpha value is -1.72. The molecule has 0 unspecified atom stereocenters. The largest absolute Gasteiger partial charge is 0.297 e. The van der Waals surface area contributed by atoms with Gasteiger partial charge in [-0.1, -0.05) is 90.8 Å². The van der Waals surface area contributed by atoms with Crippen molar-refractivity contribution in [2.45, 2.75) is 131 Å². The van der Waals surface area contributed by atoms with E-state index < -0.39 is 21.6 Å². The Bertz CT molecular complexity index is 1420. The zero-order valence-corrected chi connectivity index (χ0v) is 29.1. The lowest BCUT2D eigenvalue weighted by molar-refractivity contribution is -0.130. The van der Waals surface area contributed by atoms with Gasteiger partial charge in [0.05, 0.1) is 11.0 Å². The Morgan fingerprint density at radius 3 is 2.28 bits per heavy atom. The van der Waals surface area contributed by atoms with Gasteiger partial charge in [-0.25, -0.2) is 0 Å². The van der Waals surface area contributed by atoms with E-state index in [9.17, 15) is 13.2 Å². The molecule has 0 spiro atoms. The molecule has 0 heterocycles. The van der Waals surface area contributed by atoms with E-state index in [1.54, 1.807) is 12.1 Å². The van der Waals surface area contributed by atoms with Gasteiger partial charge in [0.1, 0.15) is 0 Å². The van der Waals surface area contributed by atoms with Crippen LogP contribution < -0.4 is 0 Å². The Balaban J connectivity index is 1.42. The van der Waals surface area contributed by atoms with Gasteiger partial charge >= 0.3 is 0 Å². The van der Waals surface area contributed by atoms with Crippen LogP contribution in [-0.2, 0) is 19.1 Å². The lowest BCUT2D eigenvalue weighted by atomic mass is 9.43. The van der Waals surface area contributed by atoms with Gasteiger partial charge in [0.2, 0.25) is 0 Å². The van der Waals surface area contributed by atoms with E-state index in [0.29, 0.717) is 36.4 Å². The number of ketones is 1. The van der Waals surface area contributed by atoms with Crippen LogP contribution in [0.2, 0.25) is 0 Å². The molecule has 5 heteroatoms. The molecule has 43 heavy (non-hydrogen) atoms. The van der Waals surface area contributed by atoms with Crippen LogP contribution in [0.25, 0.3) is 0 Å². The first-order chi connectivity index (χ1) is 19.9. The minimum absolute atomic E-state index is 0.0252. The minimum atomic E-state index is -3.88. The molecule has 0 aromatic heterocycles. The first kappa shape index (κ1) is 32.7. The zero-order chi connectivity index (χ0) is 31.8. The van der Waals surface area contributed by atoms with Gasteiger partial charge in [-0.2, -0.15) is 8.42 Å². The number of hydrogen-bond acceptors (Lipinski definition) is 4. The molecule has 0 radical (unpaired) electrons. The van der Waals surface area contributed by atoms with E-state index in [0.717, 1.165) is 49.7 Å². The van der Waals surface area contributed by atoms with Crippen LogP contribution in [0.15, 0.2) is 52.5 Å². The normalized spacial score (nSPS) is 36.2. The van der Waals surface area contributed by atoms with Crippen LogP contribution in [0.3, 0.4) is 0 Å². The van der Waals surface area contributed by atoms with E-state index in [-0.39, 0.29) is 27.1 Å². The fourth-order valence-electron chi connectivity index (χ4n) is 10.4. The number of benzene rings is 1. The van der Waals surface area contributed by atoms with Gasteiger partial charge < -0.3 is 0 Å². The van der Waals surface area contributed by atoms with Crippen molar-refractivity contribution in [1.29, 1.82) is 0 Å². The molecule has 238 valence electrons. The number of rotatable bonds is 8.